The van der Waals surface area contributed by atoms with Crippen LogP contribution in [0.2, 0.25) is 0 Å². The summed E-state index contributed by atoms with van der Waals surface area (Å²) < 4.78 is 5.00. The van der Waals surface area contributed by atoms with Crippen molar-refractivity contribution in [3.8, 4) is 17.2 Å². The van der Waals surface area contributed by atoms with Gasteiger partial charge in [-0.15, -0.1) is 0 Å². The minimum absolute atomic E-state index is 0.00770. The maximum absolute atomic E-state index is 11.9. The van der Waals surface area contributed by atoms with Crippen LogP contribution in [0.15, 0.2) is 60.4 Å². The van der Waals surface area contributed by atoms with Crippen molar-refractivity contribution >= 4 is 17.9 Å². The highest BCUT2D eigenvalue weighted by atomic mass is 16.5. The summed E-state index contributed by atoms with van der Waals surface area (Å²) in [5, 5.41) is 38.0. The van der Waals surface area contributed by atoms with Gasteiger partial charge in [0.05, 0.1) is 13.7 Å². The molecule has 2 rings (SSSR count). The molecule has 0 heterocycles. The molecule has 0 amide bonds. The zero-order valence-corrected chi connectivity index (χ0v) is 14.7. The van der Waals surface area contributed by atoms with E-state index in [0.29, 0.717) is 22.4 Å². The van der Waals surface area contributed by atoms with Gasteiger partial charge >= 0.3 is 0 Å². The molecule has 140 valence electrons. The van der Waals surface area contributed by atoms with E-state index in [-0.39, 0.29) is 23.9 Å². The molecule has 0 aliphatic carbocycles. The van der Waals surface area contributed by atoms with E-state index >= 15 is 0 Å². The van der Waals surface area contributed by atoms with Crippen molar-refractivity contribution in [2.24, 2.45) is 0 Å². The van der Waals surface area contributed by atoms with Crippen molar-refractivity contribution in [3.63, 3.8) is 0 Å². The van der Waals surface area contributed by atoms with Gasteiger partial charge in [-0.05, 0) is 47.5 Å². The zero-order chi connectivity index (χ0) is 19.8. The Hall–Kier alpha value is -3.51. The number of carbonyl (C=O) groups excluding carboxylic acids is 1. The number of aliphatic hydroxyl groups excluding tert-OH is 2. The molecule has 2 aromatic carbocycles. The SMILES string of the molecule is COc1cc(/C=C/C(O)=C/C(=O)/C=C/c2ccc(O)c(CO)c2)ccc1O. The van der Waals surface area contributed by atoms with Crippen LogP contribution in [0.4, 0.5) is 0 Å². The number of rotatable bonds is 7. The van der Waals surface area contributed by atoms with Crippen LogP contribution in [0.25, 0.3) is 12.2 Å². The smallest absolute Gasteiger partial charge is 0.182 e. The lowest BCUT2D eigenvalue weighted by Crippen LogP contribution is -1.90. The number of carbonyl (C=O) groups is 1. The van der Waals surface area contributed by atoms with E-state index in [1.807, 2.05) is 0 Å². The molecule has 0 radical (unpaired) electrons. The van der Waals surface area contributed by atoms with E-state index in [1.54, 1.807) is 30.3 Å². The number of benzene rings is 2. The molecule has 4 N–H and O–H groups in total. The highest BCUT2D eigenvalue weighted by Crippen LogP contribution is 2.26. The number of phenolic OH excluding ortho intramolecular Hbond substituents is 1. The molecule has 27 heavy (non-hydrogen) atoms. The first-order valence-electron chi connectivity index (χ1n) is 8.03. The fourth-order valence-electron chi connectivity index (χ4n) is 2.24. The third-order valence-corrected chi connectivity index (χ3v) is 3.65. The molecule has 6 heteroatoms. The second-order valence-corrected chi connectivity index (χ2v) is 5.62. The molecule has 0 spiro atoms. The van der Waals surface area contributed by atoms with Crippen LogP contribution in [0.1, 0.15) is 16.7 Å². The average Bonchev–Trinajstić information content (AvgIpc) is 2.66. The normalized spacial score (nSPS) is 12.0. The Balaban J connectivity index is 2.05. The summed E-state index contributed by atoms with van der Waals surface area (Å²) in [4.78, 5) is 11.9. The van der Waals surface area contributed by atoms with Crippen LogP contribution in [0, 0.1) is 0 Å². The molecule has 0 aliphatic heterocycles. The first-order valence-corrected chi connectivity index (χ1v) is 8.03. The predicted molar refractivity (Wildman–Crippen MR) is 102 cm³/mol. The van der Waals surface area contributed by atoms with Gasteiger partial charge in [0, 0.05) is 11.6 Å². The van der Waals surface area contributed by atoms with Crippen LogP contribution in [0.5, 0.6) is 17.2 Å². The molecule has 0 saturated heterocycles. The van der Waals surface area contributed by atoms with Crippen LogP contribution >= 0.6 is 0 Å². The largest absolute Gasteiger partial charge is 0.508 e. The molecule has 0 fully saturated rings. The van der Waals surface area contributed by atoms with E-state index in [1.165, 1.54) is 37.5 Å². The third kappa shape index (κ3) is 5.76. The van der Waals surface area contributed by atoms with E-state index in [4.69, 9.17) is 9.84 Å². The average molecular weight is 368 g/mol. The first kappa shape index (κ1) is 19.8. The molecule has 0 atom stereocenters. The second kappa shape index (κ2) is 9.26. The molecular formula is C21H20O6. The Labute approximate surface area is 156 Å². The Morgan fingerprint density at radius 2 is 1.63 bits per heavy atom. The van der Waals surface area contributed by atoms with Gasteiger partial charge in [0.2, 0.25) is 0 Å². The zero-order valence-electron chi connectivity index (χ0n) is 14.7. The van der Waals surface area contributed by atoms with E-state index in [0.717, 1.165) is 6.08 Å². The lowest BCUT2D eigenvalue weighted by Gasteiger charge is -2.03. The number of aromatic hydroxyl groups is 2. The Morgan fingerprint density at radius 1 is 1.00 bits per heavy atom. The van der Waals surface area contributed by atoms with E-state index < -0.39 is 5.78 Å². The van der Waals surface area contributed by atoms with Gasteiger partial charge in [-0.1, -0.05) is 24.3 Å². The summed E-state index contributed by atoms with van der Waals surface area (Å²) in [6, 6.07) is 9.27. The number of phenols is 2. The second-order valence-electron chi connectivity index (χ2n) is 5.62. The highest BCUT2D eigenvalue weighted by Gasteiger charge is 2.02. The van der Waals surface area contributed by atoms with Gasteiger partial charge in [-0.2, -0.15) is 0 Å². The minimum Gasteiger partial charge on any atom is -0.508 e. The number of hydrogen-bond acceptors (Lipinski definition) is 6. The van der Waals surface area contributed by atoms with Crippen LogP contribution < -0.4 is 4.74 Å². The summed E-state index contributed by atoms with van der Waals surface area (Å²) in [7, 11) is 1.43. The van der Waals surface area contributed by atoms with E-state index in [2.05, 4.69) is 0 Å². The van der Waals surface area contributed by atoms with Gasteiger partial charge < -0.3 is 25.2 Å². The quantitative estimate of drug-likeness (QED) is 0.339. The monoisotopic (exact) mass is 368 g/mol. The number of ether oxygens (including phenoxy) is 1. The third-order valence-electron chi connectivity index (χ3n) is 3.65. The van der Waals surface area contributed by atoms with Gasteiger partial charge in [-0.3, -0.25) is 4.79 Å². The Bertz CT molecular complexity index is 909. The molecule has 0 aromatic heterocycles. The standard InChI is InChI=1S/C21H20O6/c1-27-21-11-15(5-9-20(21)26)3-7-18(24)12-17(23)6-2-14-4-8-19(25)16(10-14)13-22/h2-12,22,24-26H,13H2,1H3/b6-2+,7-3+,18-12-. The van der Waals surface area contributed by atoms with Crippen LogP contribution in [-0.4, -0.2) is 33.3 Å². The van der Waals surface area contributed by atoms with E-state index in [9.17, 15) is 20.1 Å². The number of aliphatic hydroxyl groups is 2. The maximum atomic E-state index is 11.9. The van der Waals surface area contributed by atoms with Crippen LogP contribution in [0.3, 0.4) is 0 Å². The number of methoxy groups -OCH3 is 1. The summed E-state index contributed by atoms with van der Waals surface area (Å²) in [5.41, 5.74) is 1.66. The summed E-state index contributed by atoms with van der Waals surface area (Å²) in [6.07, 6.45) is 6.75. The van der Waals surface area contributed by atoms with Crippen molar-refractivity contribution in [2.45, 2.75) is 6.61 Å². The maximum Gasteiger partial charge on any atom is 0.182 e. The highest BCUT2D eigenvalue weighted by molar-refractivity contribution is 6.02. The fraction of sp³-hybridized carbons (Fsp3) is 0.0952. The lowest BCUT2D eigenvalue weighted by atomic mass is 10.1. The molecule has 2 aromatic rings. The van der Waals surface area contributed by atoms with Gasteiger partial charge in [0.25, 0.3) is 0 Å². The molecule has 0 unspecified atom stereocenters. The van der Waals surface area contributed by atoms with Crippen molar-refractivity contribution in [1.29, 1.82) is 0 Å². The summed E-state index contributed by atoms with van der Waals surface area (Å²) in [6.45, 7) is -0.311. The Morgan fingerprint density at radius 3 is 2.30 bits per heavy atom. The number of ketones is 1. The van der Waals surface area contributed by atoms with Crippen molar-refractivity contribution in [1.82, 2.24) is 0 Å². The summed E-state index contributed by atoms with van der Waals surface area (Å²) in [5.74, 6) is -0.379. The Kier molecular flexibility index (Phi) is 6.79. The van der Waals surface area contributed by atoms with Gasteiger partial charge in [0.1, 0.15) is 11.5 Å². The summed E-state index contributed by atoms with van der Waals surface area (Å²) >= 11 is 0. The topological polar surface area (TPSA) is 107 Å². The first-order chi connectivity index (χ1) is 12.9. The predicted octanol–water partition coefficient (Wildman–Crippen LogP) is 3.34. The van der Waals surface area contributed by atoms with Crippen molar-refractivity contribution < 1.29 is 30.0 Å². The molecule has 6 nitrogen and oxygen atoms in total. The van der Waals surface area contributed by atoms with Gasteiger partial charge in [0.15, 0.2) is 17.3 Å². The van der Waals surface area contributed by atoms with Gasteiger partial charge in [-0.25, -0.2) is 0 Å². The molecular weight excluding hydrogens is 348 g/mol. The number of allylic oxidation sites excluding steroid dienone is 3. The molecule has 0 saturated carbocycles. The number of hydrogen-bond donors (Lipinski definition) is 4. The molecule has 0 aliphatic rings. The van der Waals surface area contributed by atoms with Crippen molar-refractivity contribution in [3.05, 3.63) is 77.1 Å². The van der Waals surface area contributed by atoms with Crippen LogP contribution in [-0.2, 0) is 11.4 Å². The minimum atomic E-state index is -0.431. The van der Waals surface area contributed by atoms with Crippen molar-refractivity contribution in [2.75, 3.05) is 7.11 Å². The lowest BCUT2D eigenvalue weighted by molar-refractivity contribution is -0.110. The fourth-order valence-corrected chi connectivity index (χ4v) is 2.24. The molecule has 0 bridgehead atoms.